The Bertz CT molecular complexity index is 819. The summed E-state index contributed by atoms with van der Waals surface area (Å²) in [6.45, 7) is 0.628. The second-order valence-electron chi connectivity index (χ2n) is 5.93. The molecule has 2 heterocycles. The van der Waals surface area contributed by atoms with E-state index in [2.05, 4.69) is 38.4 Å². The minimum atomic E-state index is -0.173. The Morgan fingerprint density at radius 1 is 1.42 bits per heavy atom. The van der Waals surface area contributed by atoms with Gasteiger partial charge in [-0.1, -0.05) is 24.4 Å². The number of hydrogen-bond acceptors (Lipinski definition) is 6. The van der Waals surface area contributed by atoms with E-state index in [1.165, 1.54) is 5.01 Å². The molecule has 1 aliphatic heterocycles. The first-order valence-corrected chi connectivity index (χ1v) is 9.39. The number of carbonyl (C=O) groups is 1. The number of carbonyl (C=O) groups excluding carboxylic acids is 1. The van der Waals surface area contributed by atoms with Crippen molar-refractivity contribution >= 4 is 38.9 Å². The van der Waals surface area contributed by atoms with E-state index in [0.29, 0.717) is 22.8 Å². The van der Waals surface area contributed by atoms with Crippen molar-refractivity contribution in [1.29, 1.82) is 0 Å². The summed E-state index contributed by atoms with van der Waals surface area (Å²) < 4.78 is 6.23. The fourth-order valence-electron chi connectivity index (χ4n) is 2.74. The predicted molar refractivity (Wildman–Crippen MR) is 107 cm³/mol. The molecule has 2 aliphatic rings. The van der Waals surface area contributed by atoms with Crippen molar-refractivity contribution in [3.8, 4) is 0 Å². The van der Waals surface area contributed by atoms with E-state index in [1.807, 2.05) is 12.1 Å². The summed E-state index contributed by atoms with van der Waals surface area (Å²) in [5.41, 5.74) is 2.83. The zero-order valence-electron chi connectivity index (χ0n) is 14.1. The monoisotopic (exact) mass is 434 g/mol. The SMILES string of the molecule is NN(Cc1ccncc1Br)C1=C(C(=S)NC2=CCCC=C2)C(=O)COC1. The molecule has 1 aromatic heterocycles. The fourth-order valence-corrected chi connectivity index (χ4v) is 3.47. The molecule has 0 atom stereocenters. The molecule has 0 radical (unpaired) electrons. The van der Waals surface area contributed by atoms with Crippen LogP contribution in [0.25, 0.3) is 0 Å². The number of rotatable bonds is 5. The van der Waals surface area contributed by atoms with Gasteiger partial charge in [0.1, 0.15) is 11.6 Å². The number of pyridine rings is 1. The number of nitrogens with zero attached hydrogens (tertiary/aromatic N) is 2. The molecule has 0 amide bonds. The van der Waals surface area contributed by atoms with Gasteiger partial charge in [0.15, 0.2) is 5.78 Å². The van der Waals surface area contributed by atoms with Gasteiger partial charge < -0.3 is 15.1 Å². The maximum absolute atomic E-state index is 12.5. The number of hydrogen-bond donors (Lipinski definition) is 2. The highest BCUT2D eigenvalue weighted by molar-refractivity contribution is 9.10. The number of allylic oxidation sites excluding steroid dienone is 3. The third-order valence-corrected chi connectivity index (χ3v) is 5.08. The molecule has 1 aromatic rings. The van der Waals surface area contributed by atoms with E-state index in [4.69, 9.17) is 22.8 Å². The highest BCUT2D eigenvalue weighted by Crippen LogP contribution is 2.22. The third kappa shape index (κ3) is 4.45. The fraction of sp³-hybridized carbons (Fsp3) is 0.278. The van der Waals surface area contributed by atoms with Gasteiger partial charge in [-0.2, -0.15) is 0 Å². The Morgan fingerprint density at radius 2 is 2.27 bits per heavy atom. The van der Waals surface area contributed by atoms with Gasteiger partial charge in [-0.3, -0.25) is 9.78 Å². The van der Waals surface area contributed by atoms with Gasteiger partial charge in [-0.25, -0.2) is 5.84 Å². The topological polar surface area (TPSA) is 80.5 Å². The van der Waals surface area contributed by atoms with Crippen molar-refractivity contribution in [2.24, 2.45) is 5.84 Å². The molecule has 0 aromatic carbocycles. The number of nitrogens with two attached hydrogens (primary N) is 1. The molecular weight excluding hydrogens is 416 g/mol. The Balaban J connectivity index is 1.84. The lowest BCUT2D eigenvalue weighted by atomic mass is 10.1. The number of aromatic nitrogens is 1. The first kappa shape index (κ1) is 18.9. The molecule has 0 spiro atoms. The van der Waals surface area contributed by atoms with E-state index in [0.717, 1.165) is 28.6 Å². The maximum atomic E-state index is 12.5. The van der Waals surface area contributed by atoms with Crippen molar-refractivity contribution in [1.82, 2.24) is 15.3 Å². The standard InChI is InChI=1S/C18H19BrN4O2S/c19-14-8-21-7-6-12(14)9-23(20)15-10-25-11-16(24)17(15)18(26)22-13-4-2-1-3-5-13/h2,4-8H,1,3,9-11,20H2,(H,22,26). The summed E-state index contributed by atoms with van der Waals surface area (Å²) in [6, 6.07) is 1.86. The quantitative estimate of drug-likeness (QED) is 0.418. The van der Waals surface area contributed by atoms with E-state index in [9.17, 15) is 4.79 Å². The van der Waals surface area contributed by atoms with Crippen LogP contribution in [0.1, 0.15) is 18.4 Å². The molecule has 0 unspecified atom stereocenters. The second-order valence-corrected chi connectivity index (χ2v) is 7.19. The van der Waals surface area contributed by atoms with Crippen molar-refractivity contribution in [2.75, 3.05) is 13.2 Å². The first-order valence-electron chi connectivity index (χ1n) is 8.19. The van der Waals surface area contributed by atoms with E-state index in [-0.39, 0.29) is 19.0 Å². The van der Waals surface area contributed by atoms with Gasteiger partial charge in [0, 0.05) is 22.6 Å². The Labute approximate surface area is 165 Å². The normalized spacial score (nSPS) is 17.2. The summed E-state index contributed by atoms with van der Waals surface area (Å²) in [6.07, 6.45) is 11.5. The predicted octanol–water partition coefficient (Wildman–Crippen LogP) is 2.52. The Hall–Kier alpha value is -1.87. The molecule has 8 heteroatoms. The number of hydrazine groups is 1. The van der Waals surface area contributed by atoms with Gasteiger partial charge in [-0.05, 0) is 46.5 Å². The number of halogens is 1. The molecule has 0 saturated carbocycles. The minimum Gasteiger partial charge on any atom is -0.367 e. The van der Waals surface area contributed by atoms with Crippen LogP contribution >= 0.6 is 28.1 Å². The Kier molecular flexibility index (Phi) is 6.31. The number of ether oxygens (including phenoxy) is 1. The van der Waals surface area contributed by atoms with Gasteiger partial charge >= 0.3 is 0 Å². The molecule has 136 valence electrons. The van der Waals surface area contributed by atoms with Crippen LogP contribution in [0, 0.1) is 0 Å². The van der Waals surface area contributed by atoms with Gasteiger partial charge in [0.25, 0.3) is 0 Å². The van der Waals surface area contributed by atoms with E-state index < -0.39 is 0 Å². The van der Waals surface area contributed by atoms with Crippen molar-refractivity contribution in [3.63, 3.8) is 0 Å². The zero-order chi connectivity index (χ0) is 18.5. The summed E-state index contributed by atoms with van der Waals surface area (Å²) in [5, 5.41) is 4.65. The lowest BCUT2D eigenvalue weighted by molar-refractivity contribution is -0.120. The van der Waals surface area contributed by atoms with E-state index in [1.54, 1.807) is 12.4 Å². The Morgan fingerprint density at radius 3 is 3.00 bits per heavy atom. The molecule has 3 rings (SSSR count). The zero-order valence-corrected chi connectivity index (χ0v) is 16.5. The van der Waals surface area contributed by atoms with Crippen molar-refractivity contribution in [3.05, 3.63) is 63.7 Å². The molecular formula is C18H19BrN4O2S. The van der Waals surface area contributed by atoms with Crippen molar-refractivity contribution in [2.45, 2.75) is 19.4 Å². The van der Waals surface area contributed by atoms with Crippen LogP contribution in [-0.2, 0) is 16.1 Å². The lowest BCUT2D eigenvalue weighted by Crippen LogP contribution is -2.41. The summed E-state index contributed by atoms with van der Waals surface area (Å²) in [4.78, 5) is 16.9. The largest absolute Gasteiger partial charge is 0.367 e. The van der Waals surface area contributed by atoms with Crippen LogP contribution < -0.4 is 11.2 Å². The highest BCUT2D eigenvalue weighted by atomic mass is 79.9. The number of nitrogens with one attached hydrogen (secondary N) is 1. The minimum absolute atomic E-state index is 0.00231. The molecule has 3 N–H and O–H groups in total. The number of thiocarbonyl (C=S) groups is 1. The summed E-state index contributed by atoms with van der Waals surface area (Å²) >= 11 is 8.96. The first-order chi connectivity index (χ1) is 12.6. The van der Waals surface area contributed by atoms with Crippen LogP contribution in [0.15, 0.2) is 58.1 Å². The smallest absolute Gasteiger partial charge is 0.193 e. The van der Waals surface area contributed by atoms with Gasteiger partial charge in [0.2, 0.25) is 0 Å². The van der Waals surface area contributed by atoms with Crippen LogP contribution in [0.4, 0.5) is 0 Å². The highest BCUT2D eigenvalue weighted by Gasteiger charge is 2.27. The third-order valence-electron chi connectivity index (χ3n) is 4.06. The van der Waals surface area contributed by atoms with Crippen LogP contribution in [0.5, 0.6) is 0 Å². The van der Waals surface area contributed by atoms with E-state index >= 15 is 0 Å². The number of ketones is 1. The van der Waals surface area contributed by atoms with Crippen LogP contribution in [0.3, 0.4) is 0 Å². The molecule has 0 fully saturated rings. The maximum Gasteiger partial charge on any atom is 0.193 e. The summed E-state index contributed by atoms with van der Waals surface area (Å²) in [5.74, 6) is 6.09. The average Bonchev–Trinajstić information content (AvgIpc) is 2.64. The molecule has 0 bridgehead atoms. The molecule has 6 nitrogen and oxygen atoms in total. The van der Waals surface area contributed by atoms with Gasteiger partial charge in [0.05, 0.1) is 24.4 Å². The summed E-state index contributed by atoms with van der Waals surface area (Å²) in [7, 11) is 0. The van der Waals surface area contributed by atoms with Gasteiger partial charge in [-0.15, -0.1) is 0 Å². The van der Waals surface area contributed by atoms with Crippen molar-refractivity contribution < 1.29 is 9.53 Å². The molecule has 0 saturated heterocycles. The molecule has 1 aliphatic carbocycles. The second kappa shape index (κ2) is 8.68. The van der Waals surface area contributed by atoms with Crippen LogP contribution in [0.2, 0.25) is 0 Å². The number of Topliss-reactive ketones (excluding diaryl/α,β-unsaturated/α-hetero) is 1. The van der Waals surface area contributed by atoms with Crippen LogP contribution in [-0.4, -0.2) is 34.0 Å². The molecule has 26 heavy (non-hydrogen) atoms. The lowest BCUT2D eigenvalue weighted by Gasteiger charge is -2.29. The average molecular weight is 435 g/mol.